The number of piperidine rings is 1. The predicted molar refractivity (Wildman–Crippen MR) is 113 cm³/mol. The van der Waals surface area contributed by atoms with E-state index in [1.54, 1.807) is 15.9 Å². The van der Waals surface area contributed by atoms with Gasteiger partial charge in [-0.25, -0.2) is 9.37 Å². The monoisotopic (exact) mass is 426 g/mol. The highest BCUT2D eigenvalue weighted by atomic mass is 19.1. The number of aromatic nitrogens is 2. The average Bonchev–Trinajstić information content (AvgIpc) is 2.78. The van der Waals surface area contributed by atoms with E-state index in [9.17, 15) is 18.8 Å². The van der Waals surface area contributed by atoms with Crippen molar-refractivity contribution < 1.29 is 14.0 Å². The number of H-pyrrole nitrogens is 1. The summed E-state index contributed by atoms with van der Waals surface area (Å²) in [6.07, 6.45) is 4.14. The van der Waals surface area contributed by atoms with E-state index in [0.29, 0.717) is 56.0 Å². The van der Waals surface area contributed by atoms with Crippen LogP contribution in [0.1, 0.15) is 72.5 Å². The molecular weight excluding hydrogens is 399 g/mol. The standard InChI is InChI=1S/C23H27FN4O3/c1-2-6-20(29)27-12-10-17-18(14-27)25-21(26-22(17)30)19-9-3-4-11-28(19)23(31)15-7-5-8-16(24)13-15/h5,7-8,13,19H,2-4,6,9-12,14H2,1H3,(H,25,26,30). The second-order valence-corrected chi connectivity index (χ2v) is 8.21. The lowest BCUT2D eigenvalue weighted by atomic mass is 9.99. The van der Waals surface area contributed by atoms with E-state index in [1.165, 1.54) is 18.2 Å². The van der Waals surface area contributed by atoms with Crippen LogP contribution in [0.5, 0.6) is 0 Å². The minimum absolute atomic E-state index is 0.0670. The number of rotatable bonds is 4. The first-order valence-corrected chi connectivity index (χ1v) is 10.9. The fourth-order valence-corrected chi connectivity index (χ4v) is 4.45. The van der Waals surface area contributed by atoms with Crippen molar-refractivity contribution >= 4 is 11.8 Å². The van der Waals surface area contributed by atoms with Gasteiger partial charge in [-0.1, -0.05) is 13.0 Å². The summed E-state index contributed by atoms with van der Waals surface area (Å²) >= 11 is 0. The molecule has 3 heterocycles. The van der Waals surface area contributed by atoms with Crippen molar-refractivity contribution in [3.05, 3.63) is 63.1 Å². The molecule has 1 unspecified atom stereocenters. The smallest absolute Gasteiger partial charge is 0.254 e. The average molecular weight is 426 g/mol. The highest BCUT2D eigenvalue weighted by Crippen LogP contribution is 2.31. The van der Waals surface area contributed by atoms with Crippen LogP contribution in [0, 0.1) is 5.82 Å². The first-order chi connectivity index (χ1) is 15.0. The van der Waals surface area contributed by atoms with Gasteiger partial charge in [-0.3, -0.25) is 14.4 Å². The molecule has 1 aromatic heterocycles. The van der Waals surface area contributed by atoms with E-state index in [2.05, 4.69) is 4.98 Å². The second-order valence-electron chi connectivity index (χ2n) is 8.21. The Morgan fingerprint density at radius 3 is 2.87 bits per heavy atom. The van der Waals surface area contributed by atoms with Crippen LogP contribution in [0.2, 0.25) is 0 Å². The number of carbonyl (C=O) groups excluding carboxylic acids is 2. The minimum atomic E-state index is -0.462. The maximum Gasteiger partial charge on any atom is 0.254 e. The highest BCUT2D eigenvalue weighted by molar-refractivity contribution is 5.94. The Labute approximate surface area is 180 Å². The first-order valence-electron chi connectivity index (χ1n) is 10.9. The number of aromatic amines is 1. The Hall–Kier alpha value is -3.03. The number of fused-ring (bicyclic) bond motifs is 1. The molecule has 0 bridgehead atoms. The van der Waals surface area contributed by atoms with Gasteiger partial charge >= 0.3 is 0 Å². The van der Waals surface area contributed by atoms with Crippen LogP contribution in [0.15, 0.2) is 29.1 Å². The zero-order valence-corrected chi connectivity index (χ0v) is 17.7. The van der Waals surface area contributed by atoms with Crippen LogP contribution in [0.3, 0.4) is 0 Å². The zero-order chi connectivity index (χ0) is 22.0. The Kier molecular flexibility index (Phi) is 6.15. The lowest BCUT2D eigenvalue weighted by Crippen LogP contribution is -2.42. The summed E-state index contributed by atoms with van der Waals surface area (Å²) in [4.78, 5) is 49.2. The zero-order valence-electron chi connectivity index (χ0n) is 17.7. The number of likely N-dealkylation sites (tertiary alicyclic amines) is 1. The fourth-order valence-electron chi connectivity index (χ4n) is 4.45. The van der Waals surface area contributed by atoms with Gasteiger partial charge in [0.25, 0.3) is 11.5 Å². The van der Waals surface area contributed by atoms with E-state index in [0.717, 1.165) is 19.3 Å². The van der Waals surface area contributed by atoms with Crippen molar-refractivity contribution in [3.63, 3.8) is 0 Å². The molecule has 1 saturated heterocycles. The van der Waals surface area contributed by atoms with Gasteiger partial charge < -0.3 is 14.8 Å². The van der Waals surface area contributed by atoms with E-state index in [1.807, 2.05) is 6.92 Å². The molecule has 0 radical (unpaired) electrons. The van der Waals surface area contributed by atoms with Crippen LogP contribution in [-0.4, -0.2) is 44.7 Å². The quantitative estimate of drug-likeness (QED) is 0.814. The molecule has 2 aliphatic rings. The van der Waals surface area contributed by atoms with Gasteiger partial charge in [0, 0.05) is 30.6 Å². The van der Waals surface area contributed by atoms with Crippen LogP contribution in [0.4, 0.5) is 4.39 Å². The van der Waals surface area contributed by atoms with Crippen molar-refractivity contribution in [2.45, 2.75) is 58.0 Å². The number of nitrogens with zero attached hydrogens (tertiary/aromatic N) is 3. The number of amides is 2. The largest absolute Gasteiger partial charge is 0.336 e. The van der Waals surface area contributed by atoms with Gasteiger partial charge in [0.15, 0.2) is 0 Å². The Balaban J connectivity index is 1.64. The fraction of sp³-hybridized carbons (Fsp3) is 0.478. The van der Waals surface area contributed by atoms with Gasteiger partial charge in [-0.2, -0.15) is 0 Å². The van der Waals surface area contributed by atoms with Crippen molar-refractivity contribution in [2.75, 3.05) is 13.1 Å². The molecule has 1 aromatic carbocycles. The number of hydrogen-bond acceptors (Lipinski definition) is 4. The second kappa shape index (κ2) is 8.99. The molecule has 0 aliphatic carbocycles. The molecule has 1 N–H and O–H groups in total. The Morgan fingerprint density at radius 1 is 1.26 bits per heavy atom. The van der Waals surface area contributed by atoms with E-state index in [4.69, 9.17) is 4.98 Å². The molecule has 0 saturated carbocycles. The topological polar surface area (TPSA) is 86.4 Å². The van der Waals surface area contributed by atoms with Gasteiger partial charge in [0.2, 0.25) is 5.91 Å². The van der Waals surface area contributed by atoms with Gasteiger partial charge in [-0.15, -0.1) is 0 Å². The minimum Gasteiger partial charge on any atom is -0.336 e. The third kappa shape index (κ3) is 4.38. The van der Waals surface area contributed by atoms with Crippen molar-refractivity contribution in [3.8, 4) is 0 Å². The third-order valence-corrected chi connectivity index (χ3v) is 6.06. The molecule has 4 rings (SSSR count). The summed E-state index contributed by atoms with van der Waals surface area (Å²) in [5.41, 5.74) is 1.30. The normalized spacial score (nSPS) is 18.6. The predicted octanol–water partition coefficient (Wildman–Crippen LogP) is 2.96. The summed E-state index contributed by atoms with van der Waals surface area (Å²) in [7, 11) is 0. The van der Waals surface area contributed by atoms with E-state index < -0.39 is 5.82 Å². The molecule has 8 heteroatoms. The van der Waals surface area contributed by atoms with Crippen LogP contribution in [0.25, 0.3) is 0 Å². The number of halogens is 1. The lowest BCUT2D eigenvalue weighted by Gasteiger charge is -2.36. The molecule has 2 amide bonds. The molecule has 1 fully saturated rings. The van der Waals surface area contributed by atoms with Crippen molar-refractivity contribution in [1.82, 2.24) is 19.8 Å². The summed E-state index contributed by atoms with van der Waals surface area (Å²) in [6, 6.07) is 5.26. The van der Waals surface area contributed by atoms with Crippen molar-refractivity contribution in [2.24, 2.45) is 0 Å². The highest BCUT2D eigenvalue weighted by Gasteiger charge is 2.32. The number of carbonyl (C=O) groups is 2. The summed E-state index contributed by atoms with van der Waals surface area (Å²) in [5.74, 6) is -0.226. The van der Waals surface area contributed by atoms with Gasteiger partial charge in [0.1, 0.15) is 11.6 Å². The van der Waals surface area contributed by atoms with E-state index in [-0.39, 0.29) is 29.0 Å². The Bertz CT molecular complexity index is 1050. The first kappa shape index (κ1) is 21.2. The summed E-state index contributed by atoms with van der Waals surface area (Å²) < 4.78 is 13.7. The van der Waals surface area contributed by atoms with Gasteiger partial charge in [0.05, 0.1) is 18.3 Å². The number of benzene rings is 1. The molecule has 2 aliphatic heterocycles. The summed E-state index contributed by atoms with van der Waals surface area (Å²) in [5, 5.41) is 0. The lowest BCUT2D eigenvalue weighted by molar-refractivity contribution is -0.132. The molecule has 1 atom stereocenters. The molecule has 7 nitrogen and oxygen atoms in total. The van der Waals surface area contributed by atoms with Crippen LogP contribution < -0.4 is 5.56 Å². The summed E-state index contributed by atoms with van der Waals surface area (Å²) in [6.45, 7) is 3.31. The van der Waals surface area contributed by atoms with Gasteiger partial charge in [-0.05, 0) is 50.3 Å². The molecule has 2 aromatic rings. The maximum atomic E-state index is 13.7. The van der Waals surface area contributed by atoms with Crippen LogP contribution >= 0.6 is 0 Å². The third-order valence-electron chi connectivity index (χ3n) is 6.06. The number of nitrogens with one attached hydrogen (secondary N) is 1. The van der Waals surface area contributed by atoms with Crippen LogP contribution in [-0.2, 0) is 17.8 Å². The number of hydrogen-bond donors (Lipinski definition) is 1. The molecule has 31 heavy (non-hydrogen) atoms. The molecule has 164 valence electrons. The molecular formula is C23H27FN4O3. The molecule has 0 spiro atoms. The maximum absolute atomic E-state index is 13.7. The van der Waals surface area contributed by atoms with E-state index >= 15 is 0 Å². The van der Waals surface area contributed by atoms with Crippen molar-refractivity contribution in [1.29, 1.82) is 0 Å². The Morgan fingerprint density at radius 2 is 2.10 bits per heavy atom. The SMILES string of the molecule is CCCC(=O)N1CCc2c(nc(C3CCCCN3C(=O)c3cccc(F)c3)[nH]c2=O)C1.